The zero-order valence-electron chi connectivity index (χ0n) is 8.71. The molecular weight excluding hydrogens is 204 g/mol. The molecule has 16 heavy (non-hydrogen) atoms. The van der Waals surface area contributed by atoms with E-state index in [0.717, 1.165) is 5.69 Å². The number of aryl methyl sites for hydroxylation is 1. The van der Waals surface area contributed by atoms with Crippen LogP contribution in [0.3, 0.4) is 0 Å². The summed E-state index contributed by atoms with van der Waals surface area (Å²) < 4.78 is 0. The predicted molar refractivity (Wildman–Crippen MR) is 59.0 cm³/mol. The number of anilines is 1. The number of carbonyl (C=O) groups is 1. The van der Waals surface area contributed by atoms with E-state index in [1.54, 1.807) is 12.1 Å². The van der Waals surface area contributed by atoms with Crippen LogP contribution in [0.2, 0.25) is 0 Å². The van der Waals surface area contributed by atoms with Crippen molar-refractivity contribution in [3.63, 3.8) is 0 Å². The summed E-state index contributed by atoms with van der Waals surface area (Å²) >= 11 is 0. The summed E-state index contributed by atoms with van der Waals surface area (Å²) in [5, 5.41) is 2.62. The number of hydrogen-bond donors (Lipinski definition) is 1. The number of hydrogen-bond acceptors (Lipinski definition) is 4. The third-order valence-electron chi connectivity index (χ3n) is 1.90. The zero-order valence-corrected chi connectivity index (χ0v) is 8.71. The molecule has 2 aromatic heterocycles. The number of nitrogens with one attached hydrogen (secondary N) is 1. The second-order valence-corrected chi connectivity index (χ2v) is 3.19. The lowest BCUT2D eigenvalue weighted by Gasteiger charge is -2.03. The van der Waals surface area contributed by atoms with Crippen molar-refractivity contribution >= 4 is 11.7 Å². The molecule has 0 bridgehead atoms. The lowest BCUT2D eigenvalue weighted by Crippen LogP contribution is -2.16. The van der Waals surface area contributed by atoms with Crippen LogP contribution in [-0.2, 0) is 0 Å². The van der Waals surface area contributed by atoms with Gasteiger partial charge in [-0.3, -0.25) is 4.79 Å². The maximum Gasteiger partial charge on any atom is 0.294 e. The molecule has 0 atom stereocenters. The lowest BCUT2D eigenvalue weighted by atomic mass is 10.3. The van der Waals surface area contributed by atoms with E-state index in [1.165, 1.54) is 12.4 Å². The number of amides is 1. The van der Waals surface area contributed by atoms with E-state index >= 15 is 0 Å². The van der Waals surface area contributed by atoms with Crippen molar-refractivity contribution in [2.45, 2.75) is 6.92 Å². The van der Waals surface area contributed by atoms with Gasteiger partial charge in [0, 0.05) is 18.1 Å². The molecule has 80 valence electrons. The van der Waals surface area contributed by atoms with Crippen molar-refractivity contribution in [3.8, 4) is 0 Å². The van der Waals surface area contributed by atoms with Crippen molar-refractivity contribution in [1.29, 1.82) is 0 Å². The maximum atomic E-state index is 11.6. The monoisotopic (exact) mass is 214 g/mol. The van der Waals surface area contributed by atoms with Crippen LogP contribution in [0.4, 0.5) is 5.82 Å². The van der Waals surface area contributed by atoms with Gasteiger partial charge in [0.1, 0.15) is 5.82 Å². The number of carbonyl (C=O) groups excluding carboxylic acids is 1. The van der Waals surface area contributed by atoms with E-state index in [2.05, 4.69) is 20.3 Å². The van der Waals surface area contributed by atoms with E-state index in [4.69, 9.17) is 0 Å². The van der Waals surface area contributed by atoms with Crippen LogP contribution in [0.15, 0.2) is 36.7 Å². The normalized spacial score (nSPS) is 9.81. The second-order valence-electron chi connectivity index (χ2n) is 3.19. The Kier molecular flexibility index (Phi) is 2.86. The summed E-state index contributed by atoms with van der Waals surface area (Å²) in [6.45, 7) is 1.86. The Morgan fingerprint density at radius 2 is 1.94 bits per heavy atom. The third-order valence-corrected chi connectivity index (χ3v) is 1.90. The van der Waals surface area contributed by atoms with Gasteiger partial charge in [0.2, 0.25) is 5.82 Å². The average molecular weight is 214 g/mol. The van der Waals surface area contributed by atoms with E-state index in [-0.39, 0.29) is 11.7 Å². The van der Waals surface area contributed by atoms with Crippen LogP contribution in [0.5, 0.6) is 0 Å². The van der Waals surface area contributed by atoms with Gasteiger partial charge in [0.25, 0.3) is 5.91 Å². The fourth-order valence-electron chi connectivity index (χ4n) is 1.20. The fraction of sp³-hybridized carbons (Fsp3) is 0.0909. The summed E-state index contributed by atoms with van der Waals surface area (Å²) in [7, 11) is 0. The first-order valence-corrected chi connectivity index (χ1v) is 4.78. The Hall–Kier alpha value is -2.30. The van der Waals surface area contributed by atoms with Gasteiger partial charge in [-0.2, -0.15) is 0 Å². The van der Waals surface area contributed by atoms with Crippen LogP contribution in [0, 0.1) is 6.92 Å². The molecule has 1 amide bonds. The first-order valence-electron chi connectivity index (χ1n) is 4.78. The smallest absolute Gasteiger partial charge is 0.294 e. The molecule has 2 heterocycles. The predicted octanol–water partition coefficient (Wildman–Crippen LogP) is 1.43. The van der Waals surface area contributed by atoms with Crippen LogP contribution in [0.25, 0.3) is 0 Å². The summed E-state index contributed by atoms with van der Waals surface area (Å²) in [5.41, 5.74) is 0.840. The maximum absolute atomic E-state index is 11.6. The molecule has 0 saturated heterocycles. The second kappa shape index (κ2) is 4.48. The minimum Gasteiger partial charge on any atom is -0.304 e. The molecular formula is C11H10N4O. The molecule has 5 nitrogen and oxygen atoms in total. The molecule has 0 fully saturated rings. The summed E-state index contributed by atoms with van der Waals surface area (Å²) in [4.78, 5) is 23.5. The average Bonchev–Trinajstić information content (AvgIpc) is 2.30. The summed E-state index contributed by atoms with van der Waals surface area (Å²) in [6.07, 6.45) is 3.04. The molecule has 1 N–H and O–H groups in total. The fourth-order valence-corrected chi connectivity index (χ4v) is 1.20. The highest BCUT2D eigenvalue weighted by Gasteiger charge is 2.08. The molecule has 0 radical (unpaired) electrons. The van der Waals surface area contributed by atoms with Crippen molar-refractivity contribution in [1.82, 2.24) is 15.0 Å². The molecule has 5 heteroatoms. The van der Waals surface area contributed by atoms with Crippen LogP contribution in [0.1, 0.15) is 16.3 Å². The Morgan fingerprint density at radius 3 is 2.62 bits per heavy atom. The van der Waals surface area contributed by atoms with Gasteiger partial charge in [0.05, 0.1) is 0 Å². The largest absolute Gasteiger partial charge is 0.304 e. The van der Waals surface area contributed by atoms with Crippen LogP contribution < -0.4 is 5.32 Å². The van der Waals surface area contributed by atoms with E-state index < -0.39 is 0 Å². The van der Waals surface area contributed by atoms with Crippen molar-refractivity contribution in [3.05, 3.63) is 48.2 Å². The minimum absolute atomic E-state index is 0.130. The lowest BCUT2D eigenvalue weighted by molar-refractivity contribution is 0.101. The van der Waals surface area contributed by atoms with Gasteiger partial charge in [0.15, 0.2) is 0 Å². The molecule has 0 aromatic carbocycles. The van der Waals surface area contributed by atoms with Gasteiger partial charge in [-0.15, -0.1) is 0 Å². The molecule has 2 aromatic rings. The highest BCUT2D eigenvalue weighted by Crippen LogP contribution is 2.04. The SMILES string of the molecule is Cc1cccc(NC(=O)c2ncccn2)n1. The first-order chi connectivity index (χ1) is 7.75. The molecule has 0 saturated carbocycles. The van der Waals surface area contributed by atoms with E-state index in [0.29, 0.717) is 5.82 Å². The minimum atomic E-state index is -0.362. The van der Waals surface area contributed by atoms with Crippen LogP contribution in [-0.4, -0.2) is 20.9 Å². The Morgan fingerprint density at radius 1 is 1.19 bits per heavy atom. The Balaban J connectivity index is 2.14. The Labute approximate surface area is 92.6 Å². The van der Waals surface area contributed by atoms with Gasteiger partial charge in [-0.1, -0.05) is 6.07 Å². The molecule has 0 spiro atoms. The quantitative estimate of drug-likeness (QED) is 0.821. The molecule has 2 rings (SSSR count). The number of rotatable bonds is 2. The Bertz CT molecular complexity index is 498. The summed E-state index contributed by atoms with van der Waals surface area (Å²) in [5.74, 6) is 0.266. The summed E-state index contributed by atoms with van der Waals surface area (Å²) in [6, 6.07) is 7.05. The third kappa shape index (κ3) is 2.38. The number of nitrogens with zero attached hydrogens (tertiary/aromatic N) is 3. The van der Waals surface area contributed by atoms with Crippen molar-refractivity contribution in [2.75, 3.05) is 5.32 Å². The first kappa shape index (κ1) is 10.2. The van der Waals surface area contributed by atoms with Gasteiger partial charge < -0.3 is 5.32 Å². The van der Waals surface area contributed by atoms with E-state index in [1.807, 2.05) is 19.1 Å². The van der Waals surface area contributed by atoms with Gasteiger partial charge in [-0.05, 0) is 25.1 Å². The van der Waals surface area contributed by atoms with Crippen molar-refractivity contribution in [2.24, 2.45) is 0 Å². The van der Waals surface area contributed by atoms with E-state index in [9.17, 15) is 4.79 Å². The zero-order chi connectivity index (χ0) is 11.4. The van der Waals surface area contributed by atoms with Crippen LogP contribution >= 0.6 is 0 Å². The molecule has 0 unspecified atom stereocenters. The topological polar surface area (TPSA) is 67.8 Å². The molecule has 0 aliphatic carbocycles. The standard InChI is InChI=1S/C11H10N4O/c1-8-4-2-5-9(14-8)15-11(16)10-12-6-3-7-13-10/h2-7H,1H3,(H,14,15,16). The highest BCUT2D eigenvalue weighted by atomic mass is 16.2. The number of pyridine rings is 1. The highest BCUT2D eigenvalue weighted by molar-refractivity contribution is 6.00. The molecule has 0 aliphatic rings. The number of aromatic nitrogens is 3. The van der Waals surface area contributed by atoms with Gasteiger partial charge in [-0.25, -0.2) is 15.0 Å². The van der Waals surface area contributed by atoms with Gasteiger partial charge >= 0.3 is 0 Å². The molecule has 0 aliphatic heterocycles. The van der Waals surface area contributed by atoms with Crippen molar-refractivity contribution < 1.29 is 4.79 Å².